The van der Waals surface area contributed by atoms with Crippen LogP contribution in [0.2, 0.25) is 0 Å². The number of aromatic nitrogens is 4. The van der Waals surface area contributed by atoms with Gasteiger partial charge in [0.1, 0.15) is 0 Å². The minimum Gasteiger partial charge on any atom is -0.354 e. The largest absolute Gasteiger partial charge is 0.354 e. The summed E-state index contributed by atoms with van der Waals surface area (Å²) in [6, 6.07) is 25.6. The molecule has 0 atom stereocenters. The number of hydrogen-bond acceptors (Lipinski definition) is 8. The van der Waals surface area contributed by atoms with Crippen molar-refractivity contribution < 1.29 is 4.63 Å². The molecule has 2 aromatic heterocycles. The summed E-state index contributed by atoms with van der Waals surface area (Å²) in [4.78, 5) is 9.08. The van der Waals surface area contributed by atoms with Crippen molar-refractivity contribution in [3.05, 3.63) is 83.3 Å². The first-order chi connectivity index (χ1) is 15.2. The van der Waals surface area contributed by atoms with E-state index in [2.05, 4.69) is 52.2 Å². The summed E-state index contributed by atoms with van der Waals surface area (Å²) in [7, 11) is 0. The van der Waals surface area contributed by atoms with Crippen molar-refractivity contribution in [2.24, 2.45) is 0 Å². The van der Waals surface area contributed by atoms with E-state index in [0.29, 0.717) is 22.9 Å². The monoisotopic (exact) mass is 473 g/mol. The van der Waals surface area contributed by atoms with Crippen LogP contribution in [0.25, 0.3) is 11.3 Å². The number of nitrogens with zero attached hydrogens (tertiary/aromatic N) is 4. The van der Waals surface area contributed by atoms with Gasteiger partial charge in [0.15, 0.2) is 11.6 Å². The second-order valence-electron chi connectivity index (χ2n) is 6.63. The Balaban J connectivity index is 1.51. The predicted octanol–water partition coefficient (Wildman–Crippen LogP) is 6.01. The number of fused-ring (bicyclic) bond motifs is 1. The van der Waals surface area contributed by atoms with Gasteiger partial charge >= 0.3 is 0 Å². The molecule has 0 bridgehead atoms. The molecule has 9 heteroatoms. The summed E-state index contributed by atoms with van der Waals surface area (Å²) in [6.45, 7) is 0. The number of rotatable bonds is 6. The van der Waals surface area contributed by atoms with E-state index >= 15 is 0 Å². The van der Waals surface area contributed by atoms with Crippen LogP contribution in [0.4, 0.5) is 34.4 Å². The SMILES string of the molecule is Brc1ccc(Nc2nc3nonc3nc2Nc2ccccc2Nc2ccccc2)cc1. The maximum absolute atomic E-state index is 4.79. The van der Waals surface area contributed by atoms with Crippen LogP contribution >= 0.6 is 15.9 Å². The van der Waals surface area contributed by atoms with E-state index in [9.17, 15) is 0 Å². The van der Waals surface area contributed by atoms with E-state index < -0.39 is 0 Å². The third-order valence-electron chi connectivity index (χ3n) is 4.45. The zero-order valence-electron chi connectivity index (χ0n) is 16.1. The molecular formula is C22H16BrN7O. The summed E-state index contributed by atoms with van der Waals surface area (Å²) in [5.74, 6) is 0.994. The highest BCUT2D eigenvalue weighted by Gasteiger charge is 2.15. The van der Waals surface area contributed by atoms with Crippen LogP contribution < -0.4 is 16.0 Å². The lowest BCUT2D eigenvalue weighted by atomic mass is 10.2. The molecule has 5 rings (SSSR count). The number of halogens is 1. The van der Waals surface area contributed by atoms with Crippen LogP contribution in [0.5, 0.6) is 0 Å². The van der Waals surface area contributed by atoms with Gasteiger partial charge in [-0.15, -0.1) is 0 Å². The fraction of sp³-hybridized carbons (Fsp3) is 0. The van der Waals surface area contributed by atoms with E-state index in [-0.39, 0.29) is 0 Å². The van der Waals surface area contributed by atoms with Gasteiger partial charge in [-0.25, -0.2) is 14.6 Å². The van der Waals surface area contributed by atoms with Gasteiger partial charge in [0, 0.05) is 15.8 Å². The number of para-hydroxylation sites is 3. The topological polar surface area (TPSA) is 101 Å². The lowest BCUT2D eigenvalue weighted by Crippen LogP contribution is -2.04. The van der Waals surface area contributed by atoms with Gasteiger partial charge in [0.05, 0.1) is 11.4 Å². The molecular weight excluding hydrogens is 458 g/mol. The number of nitrogens with one attached hydrogen (secondary N) is 3. The first kappa shape index (κ1) is 19.0. The highest BCUT2D eigenvalue weighted by atomic mass is 79.9. The van der Waals surface area contributed by atoms with Crippen LogP contribution in [0.1, 0.15) is 0 Å². The lowest BCUT2D eigenvalue weighted by molar-refractivity contribution is 0.314. The van der Waals surface area contributed by atoms with Gasteiger partial charge in [-0.3, -0.25) is 0 Å². The van der Waals surface area contributed by atoms with Gasteiger partial charge in [-0.1, -0.05) is 46.3 Å². The van der Waals surface area contributed by atoms with Crippen molar-refractivity contribution >= 4 is 61.6 Å². The van der Waals surface area contributed by atoms with E-state index in [0.717, 1.165) is 27.2 Å². The quantitative estimate of drug-likeness (QED) is 0.275. The Kier molecular flexibility index (Phi) is 5.16. The molecule has 2 heterocycles. The number of hydrogen-bond donors (Lipinski definition) is 3. The second kappa shape index (κ2) is 8.41. The lowest BCUT2D eigenvalue weighted by Gasteiger charge is -2.15. The third kappa shape index (κ3) is 4.31. The van der Waals surface area contributed by atoms with Gasteiger partial charge in [-0.05, 0) is 58.8 Å². The van der Waals surface area contributed by atoms with Crippen molar-refractivity contribution in [3.8, 4) is 0 Å². The fourth-order valence-electron chi connectivity index (χ4n) is 2.99. The zero-order chi connectivity index (χ0) is 21.0. The van der Waals surface area contributed by atoms with Crippen molar-refractivity contribution in [2.75, 3.05) is 16.0 Å². The minimum atomic E-state index is 0.317. The van der Waals surface area contributed by atoms with Crippen molar-refractivity contribution in [3.63, 3.8) is 0 Å². The predicted molar refractivity (Wildman–Crippen MR) is 124 cm³/mol. The molecule has 31 heavy (non-hydrogen) atoms. The Labute approximate surface area is 185 Å². The standard InChI is InChI=1S/C22H16BrN7O/c23-14-10-12-16(13-11-14)25-19-20(28-22-21(27-19)29-31-30-22)26-18-9-5-4-8-17(18)24-15-6-2-1-3-7-15/h1-13,24H,(H,25,27,29)(H,26,28,30). The van der Waals surface area contributed by atoms with Crippen molar-refractivity contribution in [2.45, 2.75) is 0 Å². The Morgan fingerprint density at radius 3 is 1.81 bits per heavy atom. The smallest absolute Gasteiger partial charge is 0.245 e. The molecule has 0 aliphatic heterocycles. The van der Waals surface area contributed by atoms with Gasteiger partial charge in [-0.2, -0.15) is 0 Å². The molecule has 3 N–H and O–H groups in total. The van der Waals surface area contributed by atoms with Crippen molar-refractivity contribution in [1.29, 1.82) is 0 Å². The third-order valence-corrected chi connectivity index (χ3v) is 4.98. The highest BCUT2D eigenvalue weighted by Crippen LogP contribution is 2.32. The van der Waals surface area contributed by atoms with Crippen LogP contribution in [-0.2, 0) is 0 Å². The van der Waals surface area contributed by atoms with Crippen LogP contribution in [-0.4, -0.2) is 20.3 Å². The number of benzene rings is 3. The molecule has 152 valence electrons. The molecule has 0 amide bonds. The van der Waals surface area contributed by atoms with E-state index in [1.165, 1.54) is 0 Å². The Morgan fingerprint density at radius 1 is 0.581 bits per heavy atom. The average molecular weight is 474 g/mol. The van der Waals surface area contributed by atoms with E-state index in [1.807, 2.05) is 78.9 Å². The van der Waals surface area contributed by atoms with Gasteiger partial charge in [0.25, 0.3) is 0 Å². The summed E-state index contributed by atoms with van der Waals surface area (Å²) >= 11 is 3.45. The summed E-state index contributed by atoms with van der Waals surface area (Å²) in [6.07, 6.45) is 0. The second-order valence-corrected chi connectivity index (χ2v) is 7.54. The molecule has 0 saturated carbocycles. The molecule has 0 radical (unpaired) electrons. The molecule has 0 aliphatic rings. The van der Waals surface area contributed by atoms with Gasteiger partial charge < -0.3 is 16.0 Å². The maximum atomic E-state index is 4.79. The highest BCUT2D eigenvalue weighted by molar-refractivity contribution is 9.10. The Morgan fingerprint density at radius 2 is 1.13 bits per heavy atom. The van der Waals surface area contributed by atoms with E-state index in [4.69, 9.17) is 4.63 Å². The summed E-state index contributed by atoms with van der Waals surface area (Å²) in [5, 5.41) is 17.7. The minimum absolute atomic E-state index is 0.317. The van der Waals surface area contributed by atoms with Crippen LogP contribution in [0.15, 0.2) is 88.0 Å². The molecule has 3 aromatic carbocycles. The molecule has 0 aliphatic carbocycles. The molecule has 8 nitrogen and oxygen atoms in total. The van der Waals surface area contributed by atoms with Crippen LogP contribution in [0, 0.1) is 0 Å². The first-order valence-electron chi connectivity index (χ1n) is 9.46. The molecule has 0 unspecified atom stereocenters. The Hall–Kier alpha value is -3.98. The average Bonchev–Trinajstić information content (AvgIpc) is 3.25. The molecule has 5 aromatic rings. The van der Waals surface area contributed by atoms with Crippen molar-refractivity contribution in [1.82, 2.24) is 20.3 Å². The molecule has 0 fully saturated rings. The normalized spacial score (nSPS) is 10.7. The summed E-state index contributed by atoms with van der Waals surface area (Å²) < 4.78 is 5.78. The first-order valence-corrected chi connectivity index (χ1v) is 10.2. The van der Waals surface area contributed by atoms with Crippen LogP contribution in [0.3, 0.4) is 0 Å². The zero-order valence-corrected chi connectivity index (χ0v) is 17.7. The summed E-state index contributed by atoms with van der Waals surface area (Å²) in [5.41, 5.74) is 4.19. The number of anilines is 6. The molecule has 0 spiro atoms. The maximum Gasteiger partial charge on any atom is 0.245 e. The fourth-order valence-corrected chi connectivity index (χ4v) is 3.25. The Bertz CT molecular complexity index is 1320. The van der Waals surface area contributed by atoms with E-state index in [1.54, 1.807) is 0 Å². The molecule has 0 saturated heterocycles. The van der Waals surface area contributed by atoms with Gasteiger partial charge in [0.2, 0.25) is 11.3 Å².